The van der Waals surface area contributed by atoms with E-state index in [1.165, 1.54) is 12.8 Å². The van der Waals surface area contributed by atoms with E-state index in [0.717, 1.165) is 13.0 Å². The summed E-state index contributed by atoms with van der Waals surface area (Å²) in [5.74, 6) is 6.34. The first kappa shape index (κ1) is 9.92. The molecular weight excluding hydrogens is 164 g/mol. The molecule has 4 nitrogen and oxygen atoms in total. The molecule has 2 N–H and O–H groups in total. The fourth-order valence-electron chi connectivity index (χ4n) is 1.07. The Bertz CT molecular complexity index is 224. The first-order valence-electron chi connectivity index (χ1n) is 4.64. The lowest BCUT2D eigenvalue weighted by Crippen LogP contribution is -2.33. The van der Waals surface area contributed by atoms with E-state index in [9.17, 15) is 0 Å². The third-order valence-electron chi connectivity index (χ3n) is 1.81. The van der Waals surface area contributed by atoms with Crippen molar-refractivity contribution in [3.8, 4) is 0 Å². The minimum Gasteiger partial charge on any atom is -0.279 e. The van der Waals surface area contributed by atoms with Crippen LogP contribution < -0.4 is 10.9 Å². The van der Waals surface area contributed by atoms with E-state index in [-0.39, 0.29) is 0 Å². The van der Waals surface area contributed by atoms with Crippen molar-refractivity contribution in [2.45, 2.75) is 26.2 Å². The van der Waals surface area contributed by atoms with Gasteiger partial charge in [-0.05, 0) is 12.5 Å². The minimum absolute atomic E-state index is 0.596. The van der Waals surface area contributed by atoms with Gasteiger partial charge in [0.1, 0.15) is 0 Å². The van der Waals surface area contributed by atoms with Crippen molar-refractivity contribution in [1.29, 1.82) is 0 Å². The first-order chi connectivity index (χ1) is 6.34. The van der Waals surface area contributed by atoms with Crippen LogP contribution in [0, 0.1) is 0 Å². The molecule has 0 aromatic carbocycles. The predicted molar refractivity (Wildman–Crippen MR) is 53.1 cm³/mol. The summed E-state index contributed by atoms with van der Waals surface area (Å²) in [5, 5.41) is 1.59. The van der Waals surface area contributed by atoms with Gasteiger partial charge in [-0.1, -0.05) is 19.8 Å². The highest BCUT2D eigenvalue weighted by molar-refractivity contribution is 5.24. The molecule has 0 aliphatic heterocycles. The number of anilines is 1. The first-order valence-corrected chi connectivity index (χ1v) is 4.64. The molecule has 13 heavy (non-hydrogen) atoms. The molecule has 1 aromatic heterocycles. The Morgan fingerprint density at radius 3 is 2.62 bits per heavy atom. The van der Waals surface area contributed by atoms with Gasteiger partial charge in [-0.2, -0.15) is 0 Å². The van der Waals surface area contributed by atoms with E-state index < -0.39 is 0 Å². The molecule has 0 unspecified atom stereocenters. The molecule has 4 heteroatoms. The second kappa shape index (κ2) is 5.48. The fourth-order valence-corrected chi connectivity index (χ4v) is 1.07. The van der Waals surface area contributed by atoms with Crippen molar-refractivity contribution in [2.75, 3.05) is 11.6 Å². The third kappa shape index (κ3) is 3.38. The predicted octanol–water partition coefficient (Wildman–Crippen LogP) is 1.35. The topological polar surface area (TPSA) is 55.0 Å². The number of nitrogens with two attached hydrogens (primary N) is 1. The summed E-state index contributed by atoms with van der Waals surface area (Å²) in [6.07, 6.45) is 6.87. The highest BCUT2D eigenvalue weighted by atomic mass is 15.5. The molecule has 72 valence electrons. The average molecular weight is 180 g/mol. The second-order valence-electron chi connectivity index (χ2n) is 2.95. The van der Waals surface area contributed by atoms with Crippen LogP contribution in [0.25, 0.3) is 0 Å². The van der Waals surface area contributed by atoms with Crippen LogP contribution in [0.2, 0.25) is 0 Å². The molecule has 0 spiro atoms. The second-order valence-corrected chi connectivity index (χ2v) is 2.95. The van der Waals surface area contributed by atoms with Crippen molar-refractivity contribution in [3.63, 3.8) is 0 Å². The molecular formula is C9H16N4. The third-order valence-corrected chi connectivity index (χ3v) is 1.81. The van der Waals surface area contributed by atoms with Gasteiger partial charge in [0.2, 0.25) is 5.95 Å². The Kier molecular flexibility index (Phi) is 4.18. The summed E-state index contributed by atoms with van der Waals surface area (Å²) >= 11 is 0. The van der Waals surface area contributed by atoms with Crippen molar-refractivity contribution in [2.24, 2.45) is 5.84 Å². The molecule has 0 saturated carbocycles. The lowest BCUT2D eigenvalue weighted by Gasteiger charge is -2.15. The maximum atomic E-state index is 5.74. The highest BCUT2D eigenvalue weighted by Gasteiger charge is 2.01. The zero-order valence-electron chi connectivity index (χ0n) is 7.98. The SMILES string of the molecule is CCCCCN(N)c1ncccn1. The van der Waals surface area contributed by atoms with E-state index in [1.807, 2.05) is 0 Å². The van der Waals surface area contributed by atoms with Crippen molar-refractivity contribution in [3.05, 3.63) is 18.5 Å². The molecule has 0 radical (unpaired) electrons. The van der Waals surface area contributed by atoms with Crippen LogP contribution in [0.4, 0.5) is 5.95 Å². The maximum Gasteiger partial charge on any atom is 0.239 e. The van der Waals surface area contributed by atoms with Crippen LogP contribution in [-0.4, -0.2) is 16.5 Å². The number of unbranched alkanes of at least 4 members (excludes halogenated alkanes) is 2. The van der Waals surface area contributed by atoms with Crippen molar-refractivity contribution < 1.29 is 0 Å². The molecule has 0 atom stereocenters. The van der Waals surface area contributed by atoms with Gasteiger partial charge in [0.05, 0.1) is 0 Å². The normalized spacial score (nSPS) is 10.0. The van der Waals surface area contributed by atoms with Crippen LogP contribution in [0.15, 0.2) is 18.5 Å². The van der Waals surface area contributed by atoms with E-state index >= 15 is 0 Å². The molecule has 0 fully saturated rings. The zero-order chi connectivity index (χ0) is 9.52. The number of rotatable bonds is 5. The minimum atomic E-state index is 0.596. The summed E-state index contributed by atoms with van der Waals surface area (Å²) < 4.78 is 0. The van der Waals surface area contributed by atoms with Crippen molar-refractivity contribution >= 4 is 5.95 Å². The van der Waals surface area contributed by atoms with Crippen molar-refractivity contribution in [1.82, 2.24) is 9.97 Å². The Labute approximate surface area is 78.8 Å². The maximum absolute atomic E-state index is 5.74. The van der Waals surface area contributed by atoms with E-state index in [1.54, 1.807) is 23.5 Å². The van der Waals surface area contributed by atoms with E-state index in [4.69, 9.17) is 5.84 Å². The number of hydrogen-bond acceptors (Lipinski definition) is 4. The van der Waals surface area contributed by atoms with Gasteiger partial charge in [-0.15, -0.1) is 0 Å². The van der Waals surface area contributed by atoms with E-state index in [2.05, 4.69) is 16.9 Å². The fraction of sp³-hybridized carbons (Fsp3) is 0.556. The standard InChI is InChI=1S/C9H16N4/c1-2-3-4-8-13(10)9-11-6-5-7-12-9/h5-7H,2-4,8,10H2,1H3. The Balaban J connectivity index is 2.35. The van der Waals surface area contributed by atoms with E-state index in [0.29, 0.717) is 5.95 Å². The zero-order valence-corrected chi connectivity index (χ0v) is 7.98. The van der Waals surface area contributed by atoms with Gasteiger partial charge in [-0.25, -0.2) is 15.8 Å². The van der Waals surface area contributed by atoms with Crippen LogP contribution in [0.5, 0.6) is 0 Å². The highest BCUT2D eigenvalue weighted by Crippen LogP contribution is 2.02. The van der Waals surface area contributed by atoms with Crippen LogP contribution in [-0.2, 0) is 0 Å². The summed E-state index contributed by atoms with van der Waals surface area (Å²) in [6.45, 7) is 2.98. The summed E-state index contributed by atoms with van der Waals surface area (Å²) in [5.41, 5.74) is 0. The summed E-state index contributed by atoms with van der Waals surface area (Å²) in [7, 11) is 0. The molecule has 1 aromatic rings. The van der Waals surface area contributed by atoms with Gasteiger partial charge in [-0.3, -0.25) is 5.01 Å². The molecule has 0 aliphatic rings. The Morgan fingerprint density at radius 1 is 1.31 bits per heavy atom. The number of aromatic nitrogens is 2. The molecule has 0 saturated heterocycles. The monoisotopic (exact) mass is 180 g/mol. The summed E-state index contributed by atoms with van der Waals surface area (Å²) in [4.78, 5) is 8.09. The molecule has 0 aliphatic carbocycles. The smallest absolute Gasteiger partial charge is 0.239 e. The molecule has 1 rings (SSSR count). The Morgan fingerprint density at radius 2 is 2.00 bits per heavy atom. The molecule has 0 amide bonds. The number of hydrogen-bond donors (Lipinski definition) is 1. The van der Waals surface area contributed by atoms with Gasteiger partial charge >= 0.3 is 0 Å². The lowest BCUT2D eigenvalue weighted by molar-refractivity contribution is 0.677. The number of nitrogens with zero attached hydrogens (tertiary/aromatic N) is 3. The van der Waals surface area contributed by atoms with Crippen LogP contribution in [0.1, 0.15) is 26.2 Å². The molecule has 0 bridgehead atoms. The Hall–Kier alpha value is -1.16. The largest absolute Gasteiger partial charge is 0.279 e. The van der Waals surface area contributed by atoms with Crippen LogP contribution >= 0.6 is 0 Å². The average Bonchev–Trinajstić information content (AvgIpc) is 2.19. The number of hydrazine groups is 1. The van der Waals surface area contributed by atoms with Gasteiger partial charge in [0, 0.05) is 18.9 Å². The molecule has 1 heterocycles. The lowest BCUT2D eigenvalue weighted by atomic mass is 10.2. The van der Waals surface area contributed by atoms with Gasteiger partial charge in [0.15, 0.2) is 0 Å². The summed E-state index contributed by atoms with van der Waals surface area (Å²) in [6, 6.07) is 1.78. The van der Waals surface area contributed by atoms with Gasteiger partial charge < -0.3 is 0 Å². The quantitative estimate of drug-likeness (QED) is 0.422. The van der Waals surface area contributed by atoms with Gasteiger partial charge in [0.25, 0.3) is 0 Å². The van der Waals surface area contributed by atoms with Crippen LogP contribution in [0.3, 0.4) is 0 Å².